The minimum absolute atomic E-state index is 0.271. The van der Waals surface area contributed by atoms with Gasteiger partial charge in [-0.3, -0.25) is 0 Å². The van der Waals surface area contributed by atoms with Crippen LogP contribution in [0, 0.1) is 0 Å². The normalized spacial score (nSPS) is 26.3. The third-order valence-corrected chi connectivity index (χ3v) is 2.17. The highest BCUT2D eigenvalue weighted by molar-refractivity contribution is 5.56. The Bertz CT molecular complexity index is 297. The Kier molecular flexibility index (Phi) is 2.91. The maximum atomic E-state index is 10.4. The molecule has 0 amide bonds. The highest BCUT2D eigenvalue weighted by Gasteiger charge is 2.25. The van der Waals surface area contributed by atoms with Gasteiger partial charge in [0.15, 0.2) is 12.6 Å². The Labute approximate surface area is 82.6 Å². The molecule has 1 aliphatic rings. The number of carbonyl (C=O) groups excluding carboxylic acids is 1. The fraction of sp³-hybridized carbons (Fsp3) is 0.364. The van der Waals surface area contributed by atoms with Crippen molar-refractivity contribution in [2.24, 2.45) is 0 Å². The van der Waals surface area contributed by atoms with Crippen LogP contribution in [-0.2, 0) is 20.7 Å². The number of hydrogen-bond acceptors (Lipinski definition) is 3. The van der Waals surface area contributed by atoms with Gasteiger partial charge in [0.1, 0.15) is 6.10 Å². The van der Waals surface area contributed by atoms with Crippen LogP contribution in [0.1, 0.15) is 5.56 Å². The van der Waals surface area contributed by atoms with Crippen LogP contribution >= 0.6 is 0 Å². The first kappa shape index (κ1) is 9.37. The standard InChI is InChI=1S/C11H12O3/c12-7-10-8-13-11(14-10)6-9-4-2-1-3-5-9/h1-5,7,10-11H,6,8H2. The maximum absolute atomic E-state index is 10.4. The van der Waals surface area contributed by atoms with E-state index in [0.717, 1.165) is 11.8 Å². The molecule has 0 bridgehead atoms. The number of aldehydes is 1. The molecule has 74 valence electrons. The molecular formula is C11H12O3. The molecule has 2 atom stereocenters. The van der Waals surface area contributed by atoms with Gasteiger partial charge in [-0.05, 0) is 5.56 Å². The molecule has 0 saturated carbocycles. The number of benzene rings is 1. The van der Waals surface area contributed by atoms with Crippen molar-refractivity contribution < 1.29 is 14.3 Å². The highest BCUT2D eigenvalue weighted by atomic mass is 16.7. The Balaban J connectivity index is 1.90. The molecule has 0 N–H and O–H groups in total. The first-order valence-electron chi connectivity index (χ1n) is 4.65. The molecule has 1 saturated heterocycles. The second-order valence-electron chi connectivity index (χ2n) is 3.26. The largest absolute Gasteiger partial charge is 0.349 e. The number of rotatable bonds is 3. The van der Waals surface area contributed by atoms with Crippen molar-refractivity contribution in [3.63, 3.8) is 0 Å². The molecule has 2 unspecified atom stereocenters. The highest BCUT2D eigenvalue weighted by Crippen LogP contribution is 2.14. The first-order valence-corrected chi connectivity index (χ1v) is 4.65. The Hall–Kier alpha value is -1.19. The molecule has 14 heavy (non-hydrogen) atoms. The summed E-state index contributed by atoms with van der Waals surface area (Å²) in [5.74, 6) is 0. The summed E-state index contributed by atoms with van der Waals surface area (Å²) in [6, 6.07) is 9.94. The quantitative estimate of drug-likeness (QED) is 0.674. The van der Waals surface area contributed by atoms with Gasteiger partial charge in [0.2, 0.25) is 0 Å². The van der Waals surface area contributed by atoms with E-state index in [9.17, 15) is 4.79 Å². The summed E-state index contributed by atoms with van der Waals surface area (Å²) in [5.41, 5.74) is 1.16. The van der Waals surface area contributed by atoms with Gasteiger partial charge in [-0.15, -0.1) is 0 Å². The van der Waals surface area contributed by atoms with Gasteiger partial charge >= 0.3 is 0 Å². The van der Waals surface area contributed by atoms with Gasteiger partial charge in [0.25, 0.3) is 0 Å². The van der Waals surface area contributed by atoms with Crippen molar-refractivity contribution in [2.45, 2.75) is 18.8 Å². The molecule has 2 rings (SSSR count). The van der Waals surface area contributed by atoms with Gasteiger partial charge in [-0.1, -0.05) is 30.3 Å². The van der Waals surface area contributed by atoms with E-state index in [-0.39, 0.29) is 12.4 Å². The van der Waals surface area contributed by atoms with Crippen LogP contribution in [0.15, 0.2) is 30.3 Å². The minimum Gasteiger partial charge on any atom is -0.349 e. The summed E-state index contributed by atoms with van der Waals surface area (Å²) < 4.78 is 10.6. The lowest BCUT2D eigenvalue weighted by atomic mass is 10.1. The van der Waals surface area contributed by atoms with Gasteiger partial charge in [-0.25, -0.2) is 0 Å². The molecule has 0 aliphatic carbocycles. The fourth-order valence-corrected chi connectivity index (χ4v) is 1.46. The van der Waals surface area contributed by atoms with Crippen molar-refractivity contribution >= 4 is 6.29 Å². The summed E-state index contributed by atoms with van der Waals surface area (Å²) in [7, 11) is 0. The molecular weight excluding hydrogens is 180 g/mol. The molecule has 1 aliphatic heterocycles. The van der Waals surface area contributed by atoms with Gasteiger partial charge in [0, 0.05) is 6.42 Å². The van der Waals surface area contributed by atoms with Crippen LogP contribution in [0.25, 0.3) is 0 Å². The van der Waals surface area contributed by atoms with Crippen LogP contribution < -0.4 is 0 Å². The predicted molar refractivity (Wildman–Crippen MR) is 50.8 cm³/mol. The average molecular weight is 192 g/mol. The van der Waals surface area contributed by atoms with Crippen LogP contribution in [-0.4, -0.2) is 25.3 Å². The summed E-state index contributed by atoms with van der Waals surface area (Å²) in [6.07, 6.45) is 0.826. The first-order chi connectivity index (χ1) is 6.88. The van der Waals surface area contributed by atoms with Crippen LogP contribution in [0.4, 0.5) is 0 Å². The van der Waals surface area contributed by atoms with Crippen molar-refractivity contribution in [1.29, 1.82) is 0 Å². The zero-order chi connectivity index (χ0) is 9.80. The molecule has 3 nitrogen and oxygen atoms in total. The van der Waals surface area contributed by atoms with Crippen LogP contribution in [0.5, 0.6) is 0 Å². The summed E-state index contributed by atoms with van der Waals surface area (Å²) in [5, 5.41) is 0. The Morgan fingerprint density at radius 2 is 2.14 bits per heavy atom. The lowest BCUT2D eigenvalue weighted by Crippen LogP contribution is -2.15. The van der Waals surface area contributed by atoms with Crippen molar-refractivity contribution in [1.82, 2.24) is 0 Å². The third kappa shape index (κ3) is 2.19. The number of hydrogen-bond donors (Lipinski definition) is 0. The minimum atomic E-state index is -0.385. The van der Waals surface area contributed by atoms with Crippen LogP contribution in [0.3, 0.4) is 0 Å². The number of carbonyl (C=O) groups is 1. The molecule has 0 spiro atoms. The van der Waals surface area contributed by atoms with Crippen molar-refractivity contribution in [2.75, 3.05) is 6.61 Å². The van der Waals surface area contributed by atoms with E-state index < -0.39 is 0 Å². The van der Waals surface area contributed by atoms with E-state index in [1.54, 1.807) is 0 Å². The van der Waals surface area contributed by atoms with Crippen molar-refractivity contribution in [3.05, 3.63) is 35.9 Å². The average Bonchev–Trinajstić information content (AvgIpc) is 2.67. The Morgan fingerprint density at radius 1 is 1.36 bits per heavy atom. The monoisotopic (exact) mass is 192 g/mol. The van der Waals surface area contributed by atoms with E-state index in [2.05, 4.69) is 0 Å². The second-order valence-corrected chi connectivity index (χ2v) is 3.26. The van der Waals surface area contributed by atoms with E-state index in [0.29, 0.717) is 13.0 Å². The van der Waals surface area contributed by atoms with Crippen LogP contribution in [0.2, 0.25) is 0 Å². The lowest BCUT2D eigenvalue weighted by molar-refractivity contribution is -0.119. The molecule has 1 aromatic rings. The smallest absolute Gasteiger partial charge is 0.162 e. The van der Waals surface area contributed by atoms with Gasteiger partial charge in [0.05, 0.1) is 6.61 Å². The van der Waals surface area contributed by atoms with Gasteiger partial charge in [-0.2, -0.15) is 0 Å². The number of ether oxygens (including phenoxy) is 2. The molecule has 0 aromatic heterocycles. The topological polar surface area (TPSA) is 35.5 Å². The SMILES string of the molecule is O=CC1COC(Cc2ccccc2)O1. The molecule has 1 heterocycles. The van der Waals surface area contributed by atoms with E-state index in [4.69, 9.17) is 9.47 Å². The lowest BCUT2D eigenvalue weighted by Gasteiger charge is -2.08. The Morgan fingerprint density at radius 3 is 2.79 bits per heavy atom. The van der Waals surface area contributed by atoms with E-state index in [1.165, 1.54) is 0 Å². The molecule has 1 fully saturated rings. The zero-order valence-electron chi connectivity index (χ0n) is 7.76. The van der Waals surface area contributed by atoms with E-state index in [1.807, 2.05) is 30.3 Å². The predicted octanol–water partition coefficient (Wildman–Crippen LogP) is 1.17. The summed E-state index contributed by atoms with van der Waals surface area (Å²) in [4.78, 5) is 10.4. The summed E-state index contributed by atoms with van der Waals surface area (Å²) in [6.45, 7) is 0.376. The second kappa shape index (κ2) is 4.35. The molecule has 0 radical (unpaired) electrons. The van der Waals surface area contributed by atoms with Crippen molar-refractivity contribution in [3.8, 4) is 0 Å². The molecule has 3 heteroatoms. The fourth-order valence-electron chi connectivity index (χ4n) is 1.46. The molecule has 1 aromatic carbocycles. The van der Waals surface area contributed by atoms with Gasteiger partial charge < -0.3 is 14.3 Å². The third-order valence-electron chi connectivity index (χ3n) is 2.17. The zero-order valence-corrected chi connectivity index (χ0v) is 7.76. The maximum Gasteiger partial charge on any atom is 0.162 e. The van der Waals surface area contributed by atoms with E-state index >= 15 is 0 Å². The summed E-state index contributed by atoms with van der Waals surface area (Å²) >= 11 is 0.